The van der Waals surface area contributed by atoms with Gasteiger partial charge in [-0.15, -0.1) is 0 Å². The van der Waals surface area contributed by atoms with Crippen molar-refractivity contribution < 1.29 is 19.1 Å². The lowest BCUT2D eigenvalue weighted by Crippen LogP contribution is -2.43. The number of imide groups is 1. The Bertz CT molecular complexity index is 619. The number of nitrogens with one attached hydrogen (secondary N) is 2. The number of hydrogen-bond acceptors (Lipinski definition) is 5. The van der Waals surface area contributed by atoms with Crippen molar-refractivity contribution in [2.24, 2.45) is 7.05 Å². The summed E-state index contributed by atoms with van der Waals surface area (Å²) in [4.78, 5) is 34.2. The maximum atomic E-state index is 11.7. The number of carbonyl (C=O) groups is 3. The molecular formula is C14H20N4O4. The highest BCUT2D eigenvalue weighted by Gasteiger charge is 2.18. The fourth-order valence-corrected chi connectivity index (χ4v) is 1.73. The first-order valence-electron chi connectivity index (χ1n) is 6.67. The number of aromatic nitrogens is 2. The van der Waals surface area contributed by atoms with E-state index in [0.29, 0.717) is 0 Å². The van der Waals surface area contributed by atoms with Crippen LogP contribution >= 0.6 is 0 Å². The molecule has 120 valence electrons. The van der Waals surface area contributed by atoms with Crippen molar-refractivity contribution in [2.45, 2.75) is 26.9 Å². The van der Waals surface area contributed by atoms with Crippen LogP contribution in [0.3, 0.4) is 0 Å². The van der Waals surface area contributed by atoms with Crippen LogP contribution in [-0.2, 0) is 21.4 Å². The van der Waals surface area contributed by atoms with Crippen LogP contribution < -0.4 is 10.6 Å². The number of amides is 3. The van der Waals surface area contributed by atoms with Crippen LogP contribution in [-0.4, -0.2) is 40.8 Å². The Kier molecular flexibility index (Phi) is 5.85. The molecule has 1 aromatic rings. The van der Waals surface area contributed by atoms with Gasteiger partial charge in [0.1, 0.15) is 0 Å². The van der Waals surface area contributed by atoms with Gasteiger partial charge in [-0.1, -0.05) is 0 Å². The summed E-state index contributed by atoms with van der Waals surface area (Å²) in [6.45, 7) is 5.09. The number of hydrogen-bond donors (Lipinski definition) is 2. The van der Waals surface area contributed by atoms with Crippen molar-refractivity contribution in [3.8, 4) is 0 Å². The molecule has 0 unspecified atom stereocenters. The summed E-state index contributed by atoms with van der Waals surface area (Å²) in [5.41, 5.74) is 2.52. The van der Waals surface area contributed by atoms with Crippen LogP contribution in [0.5, 0.6) is 0 Å². The fourth-order valence-electron chi connectivity index (χ4n) is 1.73. The topological polar surface area (TPSA) is 102 Å². The zero-order chi connectivity index (χ0) is 16.9. The highest BCUT2D eigenvalue weighted by Crippen LogP contribution is 2.13. The van der Waals surface area contributed by atoms with E-state index >= 15 is 0 Å². The van der Waals surface area contributed by atoms with Crippen LogP contribution in [0.25, 0.3) is 6.08 Å². The third-order valence-electron chi connectivity index (χ3n) is 3.08. The number of aryl methyl sites for hydroxylation is 2. The molecule has 0 aliphatic carbocycles. The summed E-state index contributed by atoms with van der Waals surface area (Å²) in [6.07, 6.45) is 1.73. The van der Waals surface area contributed by atoms with E-state index in [2.05, 4.69) is 10.4 Å². The van der Waals surface area contributed by atoms with E-state index < -0.39 is 24.0 Å². The van der Waals surface area contributed by atoms with Crippen LogP contribution in [0.15, 0.2) is 6.08 Å². The molecule has 0 aliphatic rings. The van der Waals surface area contributed by atoms with Crippen molar-refractivity contribution in [3.63, 3.8) is 0 Å². The summed E-state index contributed by atoms with van der Waals surface area (Å²) in [5.74, 6) is -1.38. The lowest BCUT2D eigenvalue weighted by molar-refractivity contribution is -0.149. The van der Waals surface area contributed by atoms with E-state index in [9.17, 15) is 14.4 Å². The second-order valence-corrected chi connectivity index (χ2v) is 4.69. The van der Waals surface area contributed by atoms with E-state index in [-0.39, 0.29) is 0 Å². The van der Waals surface area contributed by atoms with Gasteiger partial charge >= 0.3 is 12.0 Å². The summed E-state index contributed by atoms with van der Waals surface area (Å²) < 4.78 is 6.63. The molecule has 3 amide bonds. The number of rotatable bonds is 4. The Morgan fingerprint density at radius 3 is 2.45 bits per heavy atom. The van der Waals surface area contributed by atoms with E-state index in [1.54, 1.807) is 10.8 Å². The number of ether oxygens (including phenoxy) is 1. The number of nitrogens with zero attached hydrogens (tertiary/aromatic N) is 2. The van der Waals surface area contributed by atoms with Gasteiger partial charge in [-0.25, -0.2) is 9.59 Å². The molecule has 1 atom stereocenters. The lowest BCUT2D eigenvalue weighted by atomic mass is 10.2. The van der Waals surface area contributed by atoms with Gasteiger partial charge in [-0.3, -0.25) is 14.8 Å². The van der Waals surface area contributed by atoms with Crippen molar-refractivity contribution in [2.75, 3.05) is 7.05 Å². The fraction of sp³-hybridized carbons (Fsp3) is 0.429. The maximum Gasteiger partial charge on any atom is 0.331 e. The molecule has 0 aromatic carbocycles. The first-order valence-corrected chi connectivity index (χ1v) is 6.67. The van der Waals surface area contributed by atoms with Gasteiger partial charge < -0.3 is 10.1 Å². The number of carbonyl (C=O) groups excluding carboxylic acids is 3. The van der Waals surface area contributed by atoms with Crippen LogP contribution in [0.4, 0.5) is 4.79 Å². The minimum atomic E-state index is -1.08. The average Bonchev–Trinajstić information content (AvgIpc) is 2.69. The van der Waals surface area contributed by atoms with Crippen LogP contribution in [0, 0.1) is 13.8 Å². The largest absolute Gasteiger partial charge is 0.449 e. The Balaban J connectivity index is 2.64. The first-order chi connectivity index (χ1) is 10.3. The lowest BCUT2D eigenvalue weighted by Gasteiger charge is -2.11. The normalized spacial score (nSPS) is 12.0. The number of esters is 1. The Labute approximate surface area is 128 Å². The molecule has 0 radical (unpaired) electrons. The van der Waals surface area contributed by atoms with Crippen LogP contribution in [0.2, 0.25) is 0 Å². The van der Waals surface area contributed by atoms with Gasteiger partial charge in [0, 0.05) is 31.4 Å². The van der Waals surface area contributed by atoms with Gasteiger partial charge in [0.25, 0.3) is 5.91 Å². The Hall–Kier alpha value is -2.64. The van der Waals surface area contributed by atoms with E-state index in [0.717, 1.165) is 17.0 Å². The molecule has 0 fully saturated rings. The minimum Gasteiger partial charge on any atom is -0.449 e. The minimum absolute atomic E-state index is 0.662. The Morgan fingerprint density at radius 1 is 1.32 bits per heavy atom. The summed E-state index contributed by atoms with van der Waals surface area (Å²) in [5, 5.41) is 8.48. The van der Waals surface area contributed by atoms with Crippen molar-refractivity contribution in [3.05, 3.63) is 23.0 Å². The molecule has 22 heavy (non-hydrogen) atoms. The molecule has 0 aliphatic heterocycles. The zero-order valence-corrected chi connectivity index (χ0v) is 13.3. The standard InChI is InChI=1S/C14H20N4O4/c1-8-11(9(2)18(5)17-8)6-7-12(19)22-10(3)13(20)16-14(21)15-4/h6-7,10H,1-5H3,(H2,15,16,20,21)/b7-6+/t10-/m0/s1. The van der Waals surface area contributed by atoms with Gasteiger partial charge in [0.2, 0.25) is 0 Å². The highest BCUT2D eigenvalue weighted by molar-refractivity contribution is 5.98. The van der Waals surface area contributed by atoms with E-state index in [4.69, 9.17) is 4.74 Å². The molecule has 8 nitrogen and oxygen atoms in total. The molecule has 0 spiro atoms. The molecule has 8 heteroatoms. The predicted octanol–water partition coefficient (Wildman–Crippen LogP) is 0.437. The smallest absolute Gasteiger partial charge is 0.331 e. The number of urea groups is 1. The molecule has 0 saturated heterocycles. The van der Waals surface area contributed by atoms with Crippen molar-refractivity contribution >= 4 is 24.0 Å². The van der Waals surface area contributed by atoms with Crippen LogP contribution in [0.1, 0.15) is 23.9 Å². The maximum absolute atomic E-state index is 11.7. The summed E-state index contributed by atoms with van der Waals surface area (Å²) in [7, 11) is 3.18. The molecule has 1 aromatic heterocycles. The predicted molar refractivity (Wildman–Crippen MR) is 79.9 cm³/mol. The quantitative estimate of drug-likeness (QED) is 0.620. The monoisotopic (exact) mass is 308 g/mol. The third-order valence-corrected chi connectivity index (χ3v) is 3.08. The second-order valence-electron chi connectivity index (χ2n) is 4.69. The molecule has 2 N–H and O–H groups in total. The van der Waals surface area contributed by atoms with Gasteiger partial charge in [-0.05, 0) is 26.8 Å². The average molecular weight is 308 g/mol. The highest BCUT2D eigenvalue weighted by atomic mass is 16.5. The van der Waals surface area contributed by atoms with Gasteiger partial charge in [0.15, 0.2) is 6.10 Å². The molecule has 1 heterocycles. The summed E-state index contributed by atoms with van der Waals surface area (Å²) in [6, 6.07) is -0.662. The Morgan fingerprint density at radius 2 is 1.95 bits per heavy atom. The first kappa shape index (κ1) is 17.4. The second kappa shape index (κ2) is 7.39. The van der Waals surface area contributed by atoms with E-state index in [1.807, 2.05) is 26.2 Å². The van der Waals surface area contributed by atoms with Crippen molar-refractivity contribution in [1.29, 1.82) is 0 Å². The van der Waals surface area contributed by atoms with Gasteiger partial charge in [-0.2, -0.15) is 5.10 Å². The summed E-state index contributed by atoms with van der Waals surface area (Å²) >= 11 is 0. The molecular weight excluding hydrogens is 288 g/mol. The molecule has 0 saturated carbocycles. The molecule has 0 bridgehead atoms. The van der Waals surface area contributed by atoms with Crippen molar-refractivity contribution in [1.82, 2.24) is 20.4 Å². The van der Waals surface area contributed by atoms with Gasteiger partial charge in [0.05, 0.1) is 5.69 Å². The van der Waals surface area contributed by atoms with E-state index in [1.165, 1.54) is 20.0 Å². The zero-order valence-electron chi connectivity index (χ0n) is 13.3. The SMILES string of the molecule is CNC(=O)NC(=O)[C@H](C)OC(=O)/C=C/c1c(C)nn(C)c1C. The molecule has 1 rings (SSSR count). The third kappa shape index (κ3) is 4.44.